The minimum absolute atomic E-state index is 0.116. The molecular weight excluding hydrogens is 307 g/mol. The maximum atomic E-state index is 14.5. The lowest BCUT2D eigenvalue weighted by Crippen LogP contribution is -2.30. The predicted octanol–water partition coefficient (Wildman–Crippen LogP) is 2.92. The zero-order valence-corrected chi connectivity index (χ0v) is 13.7. The summed E-state index contributed by atoms with van der Waals surface area (Å²) in [5.74, 6) is 0.305. The number of nitrogens with zero attached hydrogens (tertiary/aromatic N) is 1. The lowest BCUT2D eigenvalue weighted by Gasteiger charge is -2.17. The third kappa shape index (κ3) is 3.26. The molecule has 1 atom stereocenters. The number of hydrogen-bond donors (Lipinski definition) is 1. The van der Waals surface area contributed by atoms with Crippen molar-refractivity contribution < 1.29 is 13.9 Å². The lowest BCUT2D eigenvalue weighted by atomic mass is 10.0. The minimum Gasteiger partial charge on any atom is -0.497 e. The summed E-state index contributed by atoms with van der Waals surface area (Å²) in [5, 5.41) is 0. The molecule has 2 aromatic carbocycles. The van der Waals surface area contributed by atoms with Gasteiger partial charge in [-0.1, -0.05) is 18.2 Å². The van der Waals surface area contributed by atoms with Crippen LogP contribution in [-0.2, 0) is 0 Å². The van der Waals surface area contributed by atoms with Crippen molar-refractivity contribution in [3.63, 3.8) is 0 Å². The Morgan fingerprint density at radius 2 is 1.96 bits per heavy atom. The maximum absolute atomic E-state index is 14.5. The number of hydrogen-bond acceptors (Lipinski definition) is 3. The number of carbonyl (C=O) groups is 1. The van der Waals surface area contributed by atoms with Crippen LogP contribution in [0.3, 0.4) is 0 Å². The van der Waals surface area contributed by atoms with Crippen molar-refractivity contribution in [1.29, 1.82) is 0 Å². The summed E-state index contributed by atoms with van der Waals surface area (Å²) in [6.45, 7) is 1.80. The van der Waals surface area contributed by atoms with Gasteiger partial charge in [-0.15, -0.1) is 0 Å². The lowest BCUT2D eigenvalue weighted by molar-refractivity contribution is 0.0783. The molecule has 2 aromatic rings. The molecule has 5 heteroatoms. The molecule has 0 radical (unpaired) electrons. The van der Waals surface area contributed by atoms with E-state index in [1.807, 2.05) is 24.3 Å². The number of likely N-dealkylation sites (tertiary alicyclic amines) is 1. The van der Waals surface area contributed by atoms with Crippen molar-refractivity contribution in [1.82, 2.24) is 4.90 Å². The van der Waals surface area contributed by atoms with E-state index in [4.69, 9.17) is 10.5 Å². The third-order valence-corrected chi connectivity index (χ3v) is 4.53. The van der Waals surface area contributed by atoms with Gasteiger partial charge >= 0.3 is 0 Å². The van der Waals surface area contributed by atoms with E-state index in [1.165, 1.54) is 6.07 Å². The average Bonchev–Trinajstić information content (AvgIpc) is 3.10. The van der Waals surface area contributed by atoms with E-state index < -0.39 is 5.82 Å². The first-order valence-electron chi connectivity index (χ1n) is 8.05. The number of halogens is 1. The quantitative estimate of drug-likeness (QED) is 0.939. The Morgan fingerprint density at radius 3 is 2.54 bits per heavy atom. The first-order valence-corrected chi connectivity index (χ1v) is 8.05. The largest absolute Gasteiger partial charge is 0.497 e. The van der Waals surface area contributed by atoms with E-state index >= 15 is 0 Å². The van der Waals surface area contributed by atoms with E-state index in [1.54, 1.807) is 24.1 Å². The Balaban J connectivity index is 1.80. The van der Waals surface area contributed by atoms with Crippen molar-refractivity contribution in [2.45, 2.75) is 6.42 Å². The van der Waals surface area contributed by atoms with Gasteiger partial charge in [-0.3, -0.25) is 4.79 Å². The molecule has 24 heavy (non-hydrogen) atoms. The summed E-state index contributed by atoms with van der Waals surface area (Å²) in [6, 6.07) is 12.1. The molecule has 0 spiro atoms. The van der Waals surface area contributed by atoms with E-state index in [2.05, 4.69) is 0 Å². The first-order chi connectivity index (χ1) is 11.6. The molecule has 2 N–H and O–H groups in total. The smallest absolute Gasteiger partial charge is 0.256 e. The number of ether oxygens (including phenoxy) is 1. The molecule has 3 rings (SSSR count). The topological polar surface area (TPSA) is 55.6 Å². The second kappa shape index (κ2) is 7.01. The Labute approximate surface area is 141 Å². The second-order valence-electron chi connectivity index (χ2n) is 6.06. The van der Waals surface area contributed by atoms with E-state index in [-0.39, 0.29) is 11.5 Å². The molecule has 1 amide bonds. The molecule has 1 unspecified atom stereocenters. The van der Waals surface area contributed by atoms with Gasteiger partial charge in [-0.2, -0.15) is 0 Å². The van der Waals surface area contributed by atoms with E-state index in [0.29, 0.717) is 25.6 Å². The summed E-state index contributed by atoms with van der Waals surface area (Å²) < 4.78 is 19.6. The second-order valence-corrected chi connectivity index (χ2v) is 6.06. The van der Waals surface area contributed by atoms with Crippen LogP contribution >= 0.6 is 0 Å². The first kappa shape index (κ1) is 16.5. The number of carbonyl (C=O) groups excluding carboxylic acids is 1. The number of rotatable bonds is 4. The molecule has 0 aliphatic carbocycles. The highest BCUT2D eigenvalue weighted by molar-refractivity contribution is 5.95. The van der Waals surface area contributed by atoms with E-state index in [0.717, 1.165) is 23.3 Å². The van der Waals surface area contributed by atoms with Crippen LogP contribution in [0.15, 0.2) is 42.5 Å². The molecule has 0 saturated carbocycles. The Bertz CT molecular complexity index is 731. The normalized spacial score (nSPS) is 17.1. The summed E-state index contributed by atoms with van der Waals surface area (Å²) in [4.78, 5) is 14.2. The third-order valence-electron chi connectivity index (χ3n) is 4.53. The molecule has 0 bridgehead atoms. The summed E-state index contributed by atoms with van der Waals surface area (Å²) in [7, 11) is 1.60. The van der Waals surface area contributed by atoms with Gasteiger partial charge in [-0.05, 0) is 54.3 Å². The standard InChI is InChI=1S/C19H21FN2O2/c1-24-16-5-2-14(3-6-16)15-4-7-17(18(20)10-15)19(23)22-9-8-13(11-21)12-22/h2-7,10,13H,8-9,11-12,21H2,1H3. The van der Waals surface area contributed by atoms with Gasteiger partial charge in [0, 0.05) is 13.1 Å². The van der Waals surface area contributed by atoms with E-state index in [9.17, 15) is 9.18 Å². The predicted molar refractivity (Wildman–Crippen MR) is 91.5 cm³/mol. The van der Waals surface area contributed by atoms with Crippen molar-refractivity contribution in [3.05, 3.63) is 53.8 Å². The van der Waals surface area contributed by atoms with Gasteiger partial charge in [-0.25, -0.2) is 4.39 Å². The summed E-state index contributed by atoms with van der Waals surface area (Å²) in [5.41, 5.74) is 7.37. The minimum atomic E-state index is -0.496. The van der Waals surface area contributed by atoms with Crippen LogP contribution < -0.4 is 10.5 Å². The number of nitrogens with two attached hydrogens (primary N) is 1. The van der Waals surface area contributed by atoms with Crippen molar-refractivity contribution in [2.24, 2.45) is 11.7 Å². The SMILES string of the molecule is COc1ccc(-c2ccc(C(=O)N3CCC(CN)C3)c(F)c2)cc1. The highest BCUT2D eigenvalue weighted by Crippen LogP contribution is 2.26. The van der Waals surface area contributed by atoms with Gasteiger partial charge in [0.25, 0.3) is 5.91 Å². The molecule has 4 nitrogen and oxygen atoms in total. The van der Waals surface area contributed by atoms with Crippen LogP contribution in [0.25, 0.3) is 11.1 Å². The zero-order valence-electron chi connectivity index (χ0n) is 13.7. The molecule has 1 fully saturated rings. The molecule has 1 heterocycles. The Kier molecular flexibility index (Phi) is 4.81. The van der Waals surface area contributed by atoms with Gasteiger partial charge in [0.2, 0.25) is 0 Å². The maximum Gasteiger partial charge on any atom is 0.256 e. The van der Waals surface area contributed by atoms with Crippen LogP contribution in [-0.4, -0.2) is 37.6 Å². The van der Waals surface area contributed by atoms with Crippen molar-refractivity contribution >= 4 is 5.91 Å². The van der Waals surface area contributed by atoms with Crippen LogP contribution in [0.5, 0.6) is 5.75 Å². The van der Waals surface area contributed by atoms with Crippen LogP contribution in [0.4, 0.5) is 4.39 Å². The average molecular weight is 328 g/mol. The van der Waals surface area contributed by atoms with Gasteiger partial charge < -0.3 is 15.4 Å². The van der Waals surface area contributed by atoms with Gasteiger partial charge in [0.1, 0.15) is 11.6 Å². The molecule has 126 valence electrons. The summed E-state index contributed by atoms with van der Waals surface area (Å²) >= 11 is 0. The number of benzene rings is 2. The molecule has 1 saturated heterocycles. The fraction of sp³-hybridized carbons (Fsp3) is 0.316. The number of amides is 1. The zero-order chi connectivity index (χ0) is 17.1. The van der Waals surface area contributed by atoms with Crippen molar-refractivity contribution in [2.75, 3.05) is 26.7 Å². The fourth-order valence-corrected chi connectivity index (χ4v) is 3.03. The Hall–Kier alpha value is -2.40. The molecule has 0 aromatic heterocycles. The summed E-state index contributed by atoms with van der Waals surface area (Å²) in [6.07, 6.45) is 0.883. The fourth-order valence-electron chi connectivity index (χ4n) is 3.03. The van der Waals surface area contributed by atoms with Gasteiger partial charge in [0.15, 0.2) is 0 Å². The van der Waals surface area contributed by atoms with Crippen molar-refractivity contribution in [3.8, 4) is 16.9 Å². The molecule has 1 aliphatic heterocycles. The molecular formula is C19H21FN2O2. The van der Waals surface area contributed by atoms with Crippen LogP contribution in [0, 0.1) is 11.7 Å². The van der Waals surface area contributed by atoms with Crippen LogP contribution in [0.2, 0.25) is 0 Å². The monoisotopic (exact) mass is 328 g/mol. The van der Waals surface area contributed by atoms with Crippen LogP contribution in [0.1, 0.15) is 16.8 Å². The highest BCUT2D eigenvalue weighted by atomic mass is 19.1. The molecule has 1 aliphatic rings. The van der Waals surface area contributed by atoms with Gasteiger partial charge in [0.05, 0.1) is 12.7 Å². The highest BCUT2D eigenvalue weighted by Gasteiger charge is 2.27. The number of methoxy groups -OCH3 is 1. The Morgan fingerprint density at radius 1 is 1.25 bits per heavy atom.